The number of hydrogen-bond donors (Lipinski definition) is 1. The second kappa shape index (κ2) is 6.07. The first-order valence-electron chi connectivity index (χ1n) is 6.17. The van der Waals surface area contributed by atoms with Crippen LogP contribution in [0.4, 0.5) is 23.2 Å². The van der Waals surface area contributed by atoms with Gasteiger partial charge in [-0.2, -0.15) is 13.2 Å². The fraction of sp³-hybridized carbons (Fsp3) is 0.143. The van der Waals surface area contributed by atoms with Crippen LogP contribution < -0.4 is 9.46 Å². The molecule has 0 fully saturated rings. The average Bonchev–Trinajstić information content (AvgIpc) is 2.46. The molecular weight excluding hydrogens is 338 g/mol. The number of benzene rings is 2. The predicted octanol–water partition coefficient (Wildman–Crippen LogP) is 3.65. The van der Waals surface area contributed by atoms with Crippen LogP contribution in [0.5, 0.6) is 5.75 Å². The minimum Gasteiger partial charge on any atom is -0.494 e. The maximum atomic E-state index is 13.6. The Hall–Kier alpha value is -2.29. The van der Waals surface area contributed by atoms with Gasteiger partial charge >= 0.3 is 6.18 Å². The summed E-state index contributed by atoms with van der Waals surface area (Å²) in [6, 6.07) is 6.59. The molecule has 4 nitrogen and oxygen atoms in total. The van der Waals surface area contributed by atoms with Crippen LogP contribution in [0.3, 0.4) is 0 Å². The number of nitrogens with one attached hydrogen (secondary N) is 1. The van der Waals surface area contributed by atoms with Crippen LogP contribution in [0, 0.1) is 5.82 Å². The fourth-order valence-corrected chi connectivity index (χ4v) is 2.85. The average molecular weight is 349 g/mol. The van der Waals surface area contributed by atoms with Crippen LogP contribution in [0.2, 0.25) is 0 Å². The number of alkyl halides is 3. The molecule has 0 amide bonds. The number of ether oxygens (including phenoxy) is 1. The zero-order valence-electron chi connectivity index (χ0n) is 11.7. The highest BCUT2D eigenvalue weighted by molar-refractivity contribution is 7.92. The first-order valence-corrected chi connectivity index (χ1v) is 7.65. The largest absolute Gasteiger partial charge is 0.494 e. The van der Waals surface area contributed by atoms with Gasteiger partial charge in [0, 0.05) is 5.69 Å². The lowest BCUT2D eigenvalue weighted by Crippen LogP contribution is -2.14. The number of hydrogen-bond acceptors (Lipinski definition) is 3. The van der Waals surface area contributed by atoms with Gasteiger partial charge in [0.05, 0.1) is 17.6 Å². The molecule has 9 heteroatoms. The Balaban J connectivity index is 2.33. The van der Waals surface area contributed by atoms with Gasteiger partial charge in [0.2, 0.25) is 0 Å². The van der Waals surface area contributed by atoms with Crippen LogP contribution in [0.25, 0.3) is 0 Å². The molecule has 0 atom stereocenters. The van der Waals surface area contributed by atoms with Crippen molar-refractivity contribution in [3.05, 3.63) is 53.8 Å². The summed E-state index contributed by atoms with van der Waals surface area (Å²) in [6.07, 6.45) is -4.60. The summed E-state index contributed by atoms with van der Waals surface area (Å²) in [5.74, 6) is -1.05. The topological polar surface area (TPSA) is 55.4 Å². The first kappa shape index (κ1) is 17.1. The van der Waals surface area contributed by atoms with Crippen LogP contribution in [-0.4, -0.2) is 15.5 Å². The van der Waals surface area contributed by atoms with Crippen molar-refractivity contribution in [2.75, 3.05) is 11.8 Å². The molecule has 0 aromatic heterocycles. The standard InChI is InChI=1S/C14H11F4NO3S/c1-22-13-6-5-11(8-12(13)15)23(20,21)19-10-4-2-3-9(7-10)14(16,17)18/h2-8,19H,1H3. The molecule has 2 aromatic carbocycles. The Morgan fingerprint density at radius 3 is 2.35 bits per heavy atom. The van der Waals surface area contributed by atoms with Crippen LogP contribution in [0.1, 0.15) is 5.56 Å². The van der Waals surface area contributed by atoms with E-state index < -0.39 is 32.5 Å². The van der Waals surface area contributed by atoms with Gasteiger partial charge in [-0.25, -0.2) is 12.8 Å². The summed E-state index contributed by atoms with van der Waals surface area (Å²) < 4.78 is 82.3. The second-order valence-corrected chi connectivity index (χ2v) is 6.16. The van der Waals surface area contributed by atoms with E-state index in [4.69, 9.17) is 0 Å². The van der Waals surface area contributed by atoms with Gasteiger partial charge in [0.1, 0.15) is 0 Å². The van der Waals surface area contributed by atoms with Crippen molar-refractivity contribution in [1.82, 2.24) is 0 Å². The highest BCUT2D eigenvalue weighted by atomic mass is 32.2. The smallest absolute Gasteiger partial charge is 0.416 e. The monoisotopic (exact) mass is 349 g/mol. The molecule has 0 aliphatic carbocycles. The van der Waals surface area contributed by atoms with Gasteiger partial charge in [-0.3, -0.25) is 4.72 Å². The molecule has 0 saturated carbocycles. The number of sulfonamides is 1. The Labute approximate surface area is 129 Å². The van der Waals surface area contributed by atoms with E-state index in [0.717, 1.165) is 36.4 Å². The molecule has 0 aliphatic heterocycles. The normalized spacial score (nSPS) is 12.0. The number of rotatable bonds is 4. The van der Waals surface area contributed by atoms with Crippen molar-refractivity contribution in [2.24, 2.45) is 0 Å². The Kier molecular flexibility index (Phi) is 4.51. The highest BCUT2D eigenvalue weighted by Crippen LogP contribution is 2.31. The van der Waals surface area contributed by atoms with Crippen molar-refractivity contribution in [3.8, 4) is 5.75 Å². The van der Waals surface area contributed by atoms with Crippen molar-refractivity contribution in [3.63, 3.8) is 0 Å². The maximum absolute atomic E-state index is 13.6. The van der Waals surface area contributed by atoms with Crippen molar-refractivity contribution < 1.29 is 30.7 Å². The van der Waals surface area contributed by atoms with Crippen molar-refractivity contribution >= 4 is 15.7 Å². The summed E-state index contributed by atoms with van der Waals surface area (Å²) in [7, 11) is -3.02. The summed E-state index contributed by atoms with van der Waals surface area (Å²) in [6.45, 7) is 0. The third kappa shape index (κ3) is 3.92. The van der Waals surface area contributed by atoms with Gasteiger partial charge in [-0.05, 0) is 36.4 Å². The molecule has 0 unspecified atom stereocenters. The summed E-state index contributed by atoms with van der Waals surface area (Å²) in [5, 5.41) is 0. The zero-order valence-corrected chi connectivity index (χ0v) is 12.5. The molecule has 2 rings (SSSR count). The molecule has 2 aromatic rings. The Morgan fingerprint density at radius 2 is 1.78 bits per heavy atom. The predicted molar refractivity (Wildman–Crippen MR) is 75.2 cm³/mol. The second-order valence-electron chi connectivity index (χ2n) is 4.48. The number of halogens is 4. The van der Waals surface area contributed by atoms with Gasteiger partial charge in [-0.1, -0.05) is 6.07 Å². The van der Waals surface area contributed by atoms with Gasteiger partial charge in [0.25, 0.3) is 10.0 Å². The molecule has 23 heavy (non-hydrogen) atoms. The number of anilines is 1. The van der Waals surface area contributed by atoms with Gasteiger partial charge in [0.15, 0.2) is 11.6 Å². The summed E-state index contributed by atoms with van der Waals surface area (Å²) >= 11 is 0. The quantitative estimate of drug-likeness (QED) is 0.857. The van der Waals surface area contributed by atoms with Crippen molar-refractivity contribution in [2.45, 2.75) is 11.1 Å². The van der Waals surface area contributed by atoms with E-state index in [0.29, 0.717) is 6.07 Å². The van der Waals surface area contributed by atoms with Crippen LogP contribution in [0.15, 0.2) is 47.4 Å². The van der Waals surface area contributed by atoms with E-state index in [9.17, 15) is 26.0 Å². The van der Waals surface area contributed by atoms with E-state index in [1.165, 1.54) is 7.11 Å². The third-order valence-corrected chi connectivity index (χ3v) is 4.25. The Morgan fingerprint density at radius 1 is 1.09 bits per heavy atom. The fourth-order valence-electron chi connectivity index (χ4n) is 1.79. The molecule has 124 valence electrons. The van der Waals surface area contributed by atoms with Gasteiger partial charge in [-0.15, -0.1) is 0 Å². The molecular formula is C14H11F4NO3S. The minimum atomic E-state index is -4.60. The molecule has 0 radical (unpaired) electrons. The maximum Gasteiger partial charge on any atom is 0.416 e. The molecule has 0 spiro atoms. The van der Waals surface area contributed by atoms with Crippen molar-refractivity contribution in [1.29, 1.82) is 0 Å². The van der Waals surface area contributed by atoms with Crippen LogP contribution >= 0.6 is 0 Å². The lowest BCUT2D eigenvalue weighted by molar-refractivity contribution is -0.137. The van der Waals surface area contributed by atoms with E-state index in [-0.39, 0.29) is 11.4 Å². The minimum absolute atomic E-state index is 0.150. The molecule has 0 saturated heterocycles. The third-order valence-electron chi connectivity index (χ3n) is 2.88. The summed E-state index contributed by atoms with van der Waals surface area (Å²) in [5.41, 5.74) is -1.28. The lowest BCUT2D eigenvalue weighted by Gasteiger charge is -2.12. The first-order chi connectivity index (χ1) is 10.6. The number of methoxy groups -OCH3 is 1. The van der Waals surface area contributed by atoms with E-state index in [1.807, 2.05) is 4.72 Å². The van der Waals surface area contributed by atoms with E-state index in [1.54, 1.807) is 0 Å². The van der Waals surface area contributed by atoms with E-state index >= 15 is 0 Å². The van der Waals surface area contributed by atoms with E-state index in [2.05, 4.69) is 4.74 Å². The molecule has 0 bridgehead atoms. The molecule has 0 aliphatic rings. The Bertz CT molecular complexity index is 819. The lowest BCUT2D eigenvalue weighted by atomic mass is 10.2. The SMILES string of the molecule is COc1ccc(S(=O)(=O)Nc2cccc(C(F)(F)F)c2)cc1F. The van der Waals surface area contributed by atoms with Crippen LogP contribution in [-0.2, 0) is 16.2 Å². The summed E-state index contributed by atoms with van der Waals surface area (Å²) in [4.78, 5) is -0.437. The molecule has 1 N–H and O–H groups in total. The van der Waals surface area contributed by atoms with Gasteiger partial charge < -0.3 is 4.74 Å². The highest BCUT2D eigenvalue weighted by Gasteiger charge is 2.30. The molecule has 0 heterocycles. The zero-order chi connectivity index (χ0) is 17.3.